The van der Waals surface area contributed by atoms with Gasteiger partial charge in [-0.2, -0.15) is 0 Å². The van der Waals surface area contributed by atoms with Gasteiger partial charge in [0.2, 0.25) is 0 Å². The first-order chi connectivity index (χ1) is 10.2. The van der Waals surface area contributed by atoms with Gasteiger partial charge in [0.05, 0.1) is 24.0 Å². The molecule has 3 rings (SSSR count). The van der Waals surface area contributed by atoms with E-state index in [1.165, 1.54) is 24.4 Å². The first kappa shape index (κ1) is 13.3. The number of hydrogen-bond donors (Lipinski definition) is 2. The fourth-order valence-corrected chi connectivity index (χ4v) is 2.08. The first-order valence-electron chi connectivity index (χ1n) is 6.51. The Morgan fingerprint density at radius 1 is 0.952 bits per heavy atom. The summed E-state index contributed by atoms with van der Waals surface area (Å²) in [5.41, 5.74) is 1.19. The first-order valence-corrected chi connectivity index (χ1v) is 6.51. The molecule has 0 amide bonds. The minimum absolute atomic E-state index is 0.0871. The van der Waals surface area contributed by atoms with E-state index in [9.17, 15) is 8.78 Å². The quantitative estimate of drug-likeness (QED) is 0.761. The van der Waals surface area contributed by atoms with E-state index >= 15 is 0 Å². The zero-order valence-electron chi connectivity index (χ0n) is 11.1. The van der Waals surface area contributed by atoms with Crippen LogP contribution in [0.15, 0.2) is 54.7 Å². The highest BCUT2D eigenvalue weighted by molar-refractivity contribution is 5.60. The number of rotatable bonds is 4. The van der Waals surface area contributed by atoms with Crippen molar-refractivity contribution >= 4 is 5.69 Å². The average molecular weight is 285 g/mol. The molecule has 106 valence electrons. The van der Waals surface area contributed by atoms with Gasteiger partial charge >= 0.3 is 0 Å². The van der Waals surface area contributed by atoms with Crippen LogP contribution in [-0.2, 0) is 6.54 Å². The zero-order chi connectivity index (χ0) is 14.7. The van der Waals surface area contributed by atoms with Gasteiger partial charge in [0.25, 0.3) is 0 Å². The summed E-state index contributed by atoms with van der Waals surface area (Å²) in [4.78, 5) is 7.07. The second-order valence-corrected chi connectivity index (χ2v) is 4.56. The van der Waals surface area contributed by atoms with Crippen LogP contribution in [0.25, 0.3) is 11.3 Å². The minimum Gasteiger partial charge on any atom is -0.378 e. The molecule has 1 aromatic heterocycles. The van der Waals surface area contributed by atoms with Crippen molar-refractivity contribution in [1.29, 1.82) is 0 Å². The topological polar surface area (TPSA) is 40.7 Å². The van der Waals surface area contributed by atoms with E-state index in [4.69, 9.17) is 0 Å². The third-order valence-corrected chi connectivity index (χ3v) is 3.09. The predicted octanol–water partition coefficient (Wildman–Crippen LogP) is 3.97. The lowest BCUT2D eigenvalue weighted by atomic mass is 10.1. The number of hydrogen-bond acceptors (Lipinski definition) is 2. The summed E-state index contributed by atoms with van der Waals surface area (Å²) in [6, 6.07) is 13.4. The summed E-state index contributed by atoms with van der Waals surface area (Å²) in [6.45, 7) is 0.445. The van der Waals surface area contributed by atoms with Gasteiger partial charge in [0.1, 0.15) is 17.5 Å². The van der Waals surface area contributed by atoms with Crippen LogP contribution in [0.3, 0.4) is 0 Å². The van der Waals surface area contributed by atoms with Gasteiger partial charge < -0.3 is 10.3 Å². The Morgan fingerprint density at radius 2 is 1.67 bits per heavy atom. The van der Waals surface area contributed by atoms with Crippen LogP contribution < -0.4 is 5.32 Å². The molecule has 0 saturated carbocycles. The van der Waals surface area contributed by atoms with E-state index in [1.54, 1.807) is 0 Å². The van der Waals surface area contributed by atoms with Gasteiger partial charge in [0.15, 0.2) is 0 Å². The second-order valence-electron chi connectivity index (χ2n) is 4.56. The van der Waals surface area contributed by atoms with Crippen molar-refractivity contribution in [3.8, 4) is 11.3 Å². The fraction of sp³-hybridized carbons (Fsp3) is 0.0625. The van der Waals surface area contributed by atoms with Crippen LogP contribution in [0.4, 0.5) is 14.5 Å². The van der Waals surface area contributed by atoms with E-state index in [2.05, 4.69) is 15.3 Å². The van der Waals surface area contributed by atoms with E-state index in [-0.39, 0.29) is 5.56 Å². The molecule has 3 nitrogen and oxygen atoms in total. The Bertz CT molecular complexity index is 718. The highest BCUT2D eigenvalue weighted by Gasteiger charge is 2.13. The number of nitrogens with one attached hydrogen (secondary N) is 2. The molecule has 0 fully saturated rings. The van der Waals surface area contributed by atoms with Gasteiger partial charge in [0, 0.05) is 5.69 Å². The third-order valence-electron chi connectivity index (χ3n) is 3.09. The number of H-pyrrole nitrogens is 1. The van der Waals surface area contributed by atoms with Gasteiger partial charge in [-0.25, -0.2) is 13.8 Å². The highest BCUT2D eigenvalue weighted by atomic mass is 19.1. The lowest BCUT2D eigenvalue weighted by Crippen LogP contribution is -2.01. The molecule has 2 N–H and O–H groups in total. The number of aromatic nitrogens is 2. The van der Waals surface area contributed by atoms with Crippen LogP contribution >= 0.6 is 0 Å². The minimum atomic E-state index is -0.610. The summed E-state index contributed by atoms with van der Waals surface area (Å²) in [5.74, 6) is -0.612. The molecule has 21 heavy (non-hydrogen) atoms. The van der Waals surface area contributed by atoms with E-state index < -0.39 is 11.6 Å². The lowest BCUT2D eigenvalue weighted by molar-refractivity contribution is 0.589. The summed E-state index contributed by atoms with van der Waals surface area (Å²) in [6.07, 6.45) is 1.43. The third kappa shape index (κ3) is 2.91. The summed E-state index contributed by atoms with van der Waals surface area (Å²) in [5, 5.41) is 3.17. The Kier molecular flexibility index (Phi) is 3.64. The van der Waals surface area contributed by atoms with E-state index in [0.29, 0.717) is 18.1 Å². The fourth-order valence-electron chi connectivity index (χ4n) is 2.08. The number of para-hydroxylation sites is 1. The summed E-state index contributed by atoms with van der Waals surface area (Å²) in [7, 11) is 0. The molecular weight excluding hydrogens is 272 g/mol. The maximum Gasteiger partial charge on any atom is 0.135 e. The standard InChI is InChI=1S/C16H13F2N3/c17-12-7-4-8-13(18)16(12)14-9-20-15(21-14)10-19-11-5-2-1-3-6-11/h1-9,19H,10H2,(H,20,21). The number of aromatic amines is 1. The molecule has 0 atom stereocenters. The van der Waals surface area contributed by atoms with Gasteiger partial charge in [-0.1, -0.05) is 24.3 Å². The molecule has 0 bridgehead atoms. The summed E-state index contributed by atoms with van der Waals surface area (Å²) >= 11 is 0. The van der Waals surface area contributed by atoms with Crippen molar-refractivity contribution in [3.63, 3.8) is 0 Å². The van der Waals surface area contributed by atoms with Crippen molar-refractivity contribution in [1.82, 2.24) is 9.97 Å². The number of benzene rings is 2. The molecule has 0 unspecified atom stereocenters. The summed E-state index contributed by atoms with van der Waals surface area (Å²) < 4.78 is 27.4. The van der Waals surface area contributed by atoms with Gasteiger partial charge in [-0.15, -0.1) is 0 Å². The number of imidazole rings is 1. The van der Waals surface area contributed by atoms with Gasteiger partial charge in [-0.05, 0) is 24.3 Å². The number of nitrogens with zero attached hydrogens (tertiary/aromatic N) is 1. The van der Waals surface area contributed by atoms with Crippen molar-refractivity contribution in [2.24, 2.45) is 0 Å². The normalized spacial score (nSPS) is 10.6. The second kappa shape index (κ2) is 5.75. The Hall–Kier alpha value is -2.69. The molecule has 1 heterocycles. The Morgan fingerprint density at radius 3 is 2.38 bits per heavy atom. The van der Waals surface area contributed by atoms with Crippen LogP contribution in [0.5, 0.6) is 0 Å². The van der Waals surface area contributed by atoms with Crippen molar-refractivity contribution in [3.05, 3.63) is 72.2 Å². The molecule has 5 heteroatoms. The Labute approximate surface area is 120 Å². The SMILES string of the molecule is Fc1cccc(F)c1-c1cnc(CNc2ccccc2)[nH]1. The van der Waals surface area contributed by atoms with E-state index in [1.807, 2.05) is 30.3 Å². The molecule has 0 aliphatic carbocycles. The largest absolute Gasteiger partial charge is 0.378 e. The van der Waals surface area contributed by atoms with Gasteiger partial charge in [-0.3, -0.25) is 0 Å². The number of halogens is 2. The molecule has 0 aliphatic heterocycles. The molecular formula is C16H13F2N3. The molecule has 0 radical (unpaired) electrons. The molecule has 0 saturated heterocycles. The van der Waals surface area contributed by atoms with E-state index in [0.717, 1.165) is 5.69 Å². The smallest absolute Gasteiger partial charge is 0.135 e. The predicted molar refractivity (Wildman–Crippen MR) is 77.7 cm³/mol. The average Bonchev–Trinajstić information content (AvgIpc) is 2.95. The zero-order valence-corrected chi connectivity index (χ0v) is 11.1. The van der Waals surface area contributed by atoms with Crippen LogP contribution in [0, 0.1) is 11.6 Å². The highest BCUT2D eigenvalue weighted by Crippen LogP contribution is 2.24. The molecule has 3 aromatic rings. The molecule has 0 spiro atoms. The Balaban J connectivity index is 1.78. The number of anilines is 1. The monoisotopic (exact) mass is 285 g/mol. The van der Waals surface area contributed by atoms with Crippen molar-refractivity contribution in [2.75, 3.05) is 5.32 Å². The van der Waals surface area contributed by atoms with Crippen molar-refractivity contribution in [2.45, 2.75) is 6.54 Å². The molecule has 0 aliphatic rings. The van der Waals surface area contributed by atoms with Crippen molar-refractivity contribution < 1.29 is 8.78 Å². The maximum absolute atomic E-state index is 13.7. The van der Waals surface area contributed by atoms with Crippen LogP contribution in [-0.4, -0.2) is 9.97 Å². The maximum atomic E-state index is 13.7. The van der Waals surface area contributed by atoms with Crippen LogP contribution in [0.1, 0.15) is 5.82 Å². The molecule has 2 aromatic carbocycles. The van der Waals surface area contributed by atoms with Crippen LogP contribution in [0.2, 0.25) is 0 Å². The lowest BCUT2D eigenvalue weighted by Gasteiger charge is -2.04.